The first-order valence-corrected chi connectivity index (χ1v) is 11.9. The summed E-state index contributed by atoms with van der Waals surface area (Å²) in [6, 6.07) is 13.8. The fraction of sp³-hybridized carbons (Fsp3) is 0.370. The van der Waals surface area contributed by atoms with Gasteiger partial charge in [-0.3, -0.25) is 4.79 Å². The number of hydrogen-bond donors (Lipinski definition) is 2. The molecule has 0 bridgehead atoms. The average molecular weight is 478 g/mol. The van der Waals surface area contributed by atoms with Gasteiger partial charge in [-0.15, -0.1) is 0 Å². The van der Waals surface area contributed by atoms with Gasteiger partial charge in [0, 0.05) is 12.2 Å². The predicted molar refractivity (Wildman–Crippen MR) is 135 cm³/mol. The van der Waals surface area contributed by atoms with Gasteiger partial charge in [-0.2, -0.15) is 4.98 Å². The van der Waals surface area contributed by atoms with E-state index in [9.17, 15) is 9.18 Å². The van der Waals surface area contributed by atoms with E-state index in [1.807, 2.05) is 26.8 Å². The van der Waals surface area contributed by atoms with Crippen LogP contribution in [-0.2, 0) is 22.6 Å². The van der Waals surface area contributed by atoms with Gasteiger partial charge in [-0.05, 0) is 61.6 Å². The molecule has 0 saturated carbocycles. The Hall–Kier alpha value is -3.52. The SMILES string of the molecule is Cc1nc(Nc2ccc(F)cc2)nc(N2CCc3ccccc3C2C)c1COC(=O)[C@@H](N)C(C)C. The summed E-state index contributed by atoms with van der Waals surface area (Å²) < 4.78 is 19.0. The zero-order valence-corrected chi connectivity index (χ0v) is 20.6. The van der Waals surface area contributed by atoms with Crippen LogP contribution in [0.15, 0.2) is 48.5 Å². The first kappa shape index (κ1) is 24.6. The van der Waals surface area contributed by atoms with Crippen LogP contribution in [0, 0.1) is 18.7 Å². The number of hydrogen-bond acceptors (Lipinski definition) is 7. The van der Waals surface area contributed by atoms with Gasteiger partial charge in [0.05, 0.1) is 17.3 Å². The second-order valence-electron chi connectivity index (χ2n) is 9.26. The van der Waals surface area contributed by atoms with E-state index in [-0.39, 0.29) is 24.4 Å². The van der Waals surface area contributed by atoms with E-state index in [4.69, 9.17) is 15.5 Å². The fourth-order valence-corrected chi connectivity index (χ4v) is 4.28. The van der Waals surface area contributed by atoms with E-state index in [0.717, 1.165) is 18.5 Å². The molecule has 8 heteroatoms. The smallest absolute Gasteiger partial charge is 0.323 e. The van der Waals surface area contributed by atoms with Crippen LogP contribution in [0.25, 0.3) is 0 Å². The molecule has 3 N–H and O–H groups in total. The highest BCUT2D eigenvalue weighted by Gasteiger charge is 2.29. The lowest BCUT2D eigenvalue weighted by atomic mass is 9.93. The first-order valence-electron chi connectivity index (χ1n) is 11.9. The van der Waals surface area contributed by atoms with Crippen molar-refractivity contribution in [3.8, 4) is 0 Å². The lowest BCUT2D eigenvalue weighted by molar-refractivity contribution is -0.147. The number of carbonyl (C=O) groups excluding carboxylic acids is 1. The van der Waals surface area contributed by atoms with Crippen molar-refractivity contribution in [3.05, 3.63) is 76.7 Å². The monoisotopic (exact) mass is 477 g/mol. The maximum atomic E-state index is 13.4. The number of fused-ring (bicyclic) bond motifs is 1. The molecule has 0 saturated heterocycles. The standard InChI is InChI=1S/C27H32FN5O2/c1-16(2)24(29)26(34)35-15-23-17(3)30-27(31-21-11-9-20(28)10-12-21)32-25(23)33-14-13-19-7-5-6-8-22(19)18(33)4/h5-12,16,18,24H,13-15,29H2,1-4H3,(H,30,31,32)/t18?,24-/m0/s1. The number of esters is 1. The van der Waals surface area contributed by atoms with Crippen molar-refractivity contribution >= 4 is 23.4 Å². The molecule has 4 rings (SSSR count). The number of aromatic nitrogens is 2. The van der Waals surface area contributed by atoms with Crippen molar-refractivity contribution in [2.75, 3.05) is 16.8 Å². The Kier molecular flexibility index (Phi) is 7.31. The molecule has 2 heterocycles. The summed E-state index contributed by atoms with van der Waals surface area (Å²) in [4.78, 5) is 24.1. The molecule has 184 valence electrons. The zero-order valence-electron chi connectivity index (χ0n) is 20.6. The van der Waals surface area contributed by atoms with E-state index in [1.54, 1.807) is 12.1 Å². The number of nitrogens with one attached hydrogen (secondary N) is 1. The minimum Gasteiger partial charge on any atom is -0.459 e. The van der Waals surface area contributed by atoms with Crippen LogP contribution in [-0.4, -0.2) is 28.5 Å². The summed E-state index contributed by atoms with van der Waals surface area (Å²) in [6.07, 6.45) is 0.877. The van der Waals surface area contributed by atoms with Crippen LogP contribution >= 0.6 is 0 Å². The summed E-state index contributed by atoms with van der Waals surface area (Å²) in [6.45, 7) is 8.57. The van der Waals surface area contributed by atoms with Crippen LogP contribution in [0.2, 0.25) is 0 Å². The topological polar surface area (TPSA) is 93.4 Å². The van der Waals surface area contributed by atoms with E-state index < -0.39 is 12.0 Å². The molecule has 1 aliphatic rings. The van der Waals surface area contributed by atoms with Gasteiger partial charge in [0.15, 0.2) is 0 Å². The number of nitrogens with two attached hydrogens (primary N) is 1. The number of nitrogens with zero attached hydrogens (tertiary/aromatic N) is 3. The minimum absolute atomic E-state index is 0.0276. The van der Waals surface area contributed by atoms with Gasteiger partial charge in [0.1, 0.15) is 24.3 Å². The highest BCUT2D eigenvalue weighted by atomic mass is 19.1. The van der Waals surface area contributed by atoms with Gasteiger partial charge in [0.25, 0.3) is 0 Å². The number of carbonyl (C=O) groups is 1. The van der Waals surface area contributed by atoms with Gasteiger partial charge < -0.3 is 20.7 Å². The highest BCUT2D eigenvalue weighted by molar-refractivity contribution is 5.76. The third kappa shape index (κ3) is 5.43. The largest absolute Gasteiger partial charge is 0.459 e. The molecular formula is C27H32FN5O2. The van der Waals surface area contributed by atoms with Crippen molar-refractivity contribution in [1.29, 1.82) is 0 Å². The van der Waals surface area contributed by atoms with Gasteiger partial charge >= 0.3 is 5.97 Å². The molecule has 0 spiro atoms. The zero-order chi connectivity index (χ0) is 25.1. The van der Waals surface area contributed by atoms with Crippen molar-refractivity contribution in [3.63, 3.8) is 0 Å². The summed E-state index contributed by atoms with van der Waals surface area (Å²) in [7, 11) is 0. The third-order valence-corrected chi connectivity index (χ3v) is 6.51. The molecule has 2 aromatic carbocycles. The van der Waals surface area contributed by atoms with E-state index >= 15 is 0 Å². The minimum atomic E-state index is -0.695. The van der Waals surface area contributed by atoms with Crippen LogP contribution < -0.4 is 16.0 Å². The fourth-order valence-electron chi connectivity index (χ4n) is 4.28. The van der Waals surface area contributed by atoms with E-state index in [0.29, 0.717) is 23.1 Å². The normalized spacial score (nSPS) is 16.1. The average Bonchev–Trinajstić information content (AvgIpc) is 2.84. The Morgan fingerprint density at radius 3 is 2.63 bits per heavy atom. The van der Waals surface area contributed by atoms with Crippen molar-refractivity contribution < 1.29 is 13.9 Å². The van der Waals surface area contributed by atoms with E-state index in [2.05, 4.69) is 40.3 Å². The highest BCUT2D eigenvalue weighted by Crippen LogP contribution is 2.36. The van der Waals surface area contributed by atoms with E-state index in [1.165, 1.54) is 23.3 Å². The molecule has 2 atom stereocenters. The summed E-state index contributed by atoms with van der Waals surface area (Å²) in [5.41, 5.74) is 10.7. The summed E-state index contributed by atoms with van der Waals surface area (Å²) in [5.74, 6) is 0.307. The number of rotatable bonds is 7. The summed E-state index contributed by atoms with van der Waals surface area (Å²) >= 11 is 0. The van der Waals surface area contributed by atoms with Crippen LogP contribution in [0.5, 0.6) is 0 Å². The number of benzene rings is 2. The van der Waals surface area contributed by atoms with Crippen molar-refractivity contribution in [1.82, 2.24) is 9.97 Å². The lowest BCUT2D eigenvalue weighted by Gasteiger charge is -2.37. The van der Waals surface area contributed by atoms with Gasteiger partial charge in [-0.1, -0.05) is 38.1 Å². The van der Waals surface area contributed by atoms with Crippen LogP contribution in [0.1, 0.15) is 49.2 Å². The predicted octanol–water partition coefficient (Wildman–Crippen LogP) is 4.82. The quantitative estimate of drug-likeness (QED) is 0.471. The molecular weight excluding hydrogens is 445 g/mol. The Labute approximate surface area is 205 Å². The van der Waals surface area contributed by atoms with Crippen LogP contribution in [0.4, 0.5) is 21.8 Å². The van der Waals surface area contributed by atoms with Crippen molar-refractivity contribution in [2.45, 2.75) is 52.8 Å². The third-order valence-electron chi connectivity index (χ3n) is 6.51. The van der Waals surface area contributed by atoms with Crippen LogP contribution in [0.3, 0.4) is 0 Å². The Morgan fingerprint density at radius 2 is 1.91 bits per heavy atom. The lowest BCUT2D eigenvalue weighted by Crippen LogP contribution is -2.38. The Balaban J connectivity index is 1.69. The molecule has 0 radical (unpaired) electrons. The number of halogens is 1. The maximum absolute atomic E-state index is 13.4. The number of aryl methyl sites for hydroxylation is 1. The second-order valence-corrected chi connectivity index (χ2v) is 9.26. The van der Waals surface area contributed by atoms with Gasteiger partial charge in [-0.25, -0.2) is 9.37 Å². The molecule has 0 fully saturated rings. The number of anilines is 3. The molecule has 35 heavy (non-hydrogen) atoms. The molecule has 1 unspecified atom stereocenters. The molecule has 1 aromatic heterocycles. The number of ether oxygens (including phenoxy) is 1. The first-order chi connectivity index (χ1) is 16.7. The Morgan fingerprint density at radius 1 is 1.20 bits per heavy atom. The maximum Gasteiger partial charge on any atom is 0.323 e. The summed E-state index contributed by atoms with van der Waals surface area (Å²) in [5, 5.41) is 3.17. The van der Waals surface area contributed by atoms with Crippen molar-refractivity contribution in [2.24, 2.45) is 11.7 Å². The molecule has 7 nitrogen and oxygen atoms in total. The Bertz CT molecular complexity index is 1200. The molecule has 0 aliphatic carbocycles. The molecule has 0 amide bonds. The molecule has 1 aliphatic heterocycles. The second kappa shape index (κ2) is 10.4. The molecule has 3 aromatic rings. The van der Waals surface area contributed by atoms with Gasteiger partial charge in [0.2, 0.25) is 5.95 Å².